The van der Waals surface area contributed by atoms with E-state index in [-0.39, 0.29) is 12.2 Å². The fourth-order valence-corrected chi connectivity index (χ4v) is 4.70. The molecule has 0 aliphatic carbocycles. The zero-order chi connectivity index (χ0) is 24.2. The van der Waals surface area contributed by atoms with Gasteiger partial charge in [-0.25, -0.2) is 9.97 Å². The number of piperidine rings is 1. The van der Waals surface area contributed by atoms with E-state index in [9.17, 15) is 4.79 Å². The summed E-state index contributed by atoms with van der Waals surface area (Å²) in [5.74, 6) is 1.11. The molecule has 0 radical (unpaired) electrons. The third-order valence-corrected chi connectivity index (χ3v) is 6.50. The van der Waals surface area contributed by atoms with Gasteiger partial charge in [0.25, 0.3) is 0 Å². The lowest BCUT2D eigenvalue weighted by Gasteiger charge is -2.23. The normalized spacial score (nSPS) is 14.4. The van der Waals surface area contributed by atoms with Gasteiger partial charge in [0.1, 0.15) is 5.82 Å². The van der Waals surface area contributed by atoms with Crippen molar-refractivity contribution in [3.8, 4) is 11.1 Å². The molecule has 35 heavy (non-hydrogen) atoms. The Labute approximate surface area is 206 Å². The number of carbonyl (C=O) groups excluding carboxylic acids is 1. The number of pyridine rings is 1. The fraction of sp³-hybridized carbons (Fsp3) is 0.310. The molecule has 0 atom stereocenters. The average molecular weight is 466 g/mol. The van der Waals surface area contributed by atoms with Crippen LogP contribution < -0.4 is 10.6 Å². The molecule has 0 spiro atoms. The van der Waals surface area contributed by atoms with Crippen molar-refractivity contribution in [3.05, 3.63) is 84.1 Å². The quantitative estimate of drug-likeness (QED) is 0.356. The number of benzene rings is 2. The van der Waals surface area contributed by atoms with Crippen LogP contribution in [-0.2, 0) is 6.42 Å². The van der Waals surface area contributed by atoms with E-state index < -0.39 is 0 Å². The van der Waals surface area contributed by atoms with Crippen LogP contribution in [0, 0.1) is 0 Å². The van der Waals surface area contributed by atoms with Gasteiger partial charge in [-0.2, -0.15) is 0 Å². The molecule has 0 saturated carbocycles. The summed E-state index contributed by atoms with van der Waals surface area (Å²) in [6.45, 7) is 6.27. The molecule has 178 valence electrons. The Balaban J connectivity index is 1.36. The zero-order valence-electron chi connectivity index (χ0n) is 20.3. The van der Waals surface area contributed by atoms with Gasteiger partial charge in [-0.3, -0.25) is 9.78 Å². The number of hydrogen-bond acceptors (Lipinski definition) is 6. The van der Waals surface area contributed by atoms with Crippen LogP contribution >= 0.6 is 0 Å². The predicted octanol–water partition coefficient (Wildman–Crippen LogP) is 5.40. The van der Waals surface area contributed by atoms with Crippen LogP contribution in [0.5, 0.6) is 0 Å². The van der Waals surface area contributed by atoms with Crippen LogP contribution in [-0.4, -0.2) is 39.9 Å². The monoisotopic (exact) mass is 465 g/mol. The maximum Gasteiger partial charge on any atom is 0.170 e. The van der Waals surface area contributed by atoms with E-state index in [1.807, 2.05) is 36.7 Å². The Hall–Kier alpha value is -3.64. The SMILES string of the molecule is CC(C)Nc1cncc(-c2ccc3cnc(CC(=O)c4cccc(C5CCNCC5)c4)nc3c2)c1. The third kappa shape index (κ3) is 5.54. The van der Waals surface area contributed by atoms with Gasteiger partial charge >= 0.3 is 0 Å². The lowest BCUT2D eigenvalue weighted by atomic mass is 9.89. The Kier molecular flexibility index (Phi) is 6.82. The standard InChI is InChI=1S/C29H31N5O/c1-19(2)33-26-13-25(16-31-18-26)22-6-7-24-17-32-29(34-27(24)14-22)15-28(35)23-5-3-4-21(12-23)20-8-10-30-11-9-20/h3-7,12-14,16-20,30,33H,8-11,15H2,1-2H3. The molecule has 6 heteroatoms. The molecule has 6 nitrogen and oxygen atoms in total. The Morgan fingerprint density at radius 1 is 1.03 bits per heavy atom. The van der Waals surface area contributed by atoms with Crippen molar-refractivity contribution < 1.29 is 4.79 Å². The van der Waals surface area contributed by atoms with Gasteiger partial charge in [0, 0.05) is 41.1 Å². The highest BCUT2D eigenvalue weighted by Gasteiger charge is 2.17. The van der Waals surface area contributed by atoms with Crippen LogP contribution in [0.3, 0.4) is 0 Å². The second-order valence-electron chi connectivity index (χ2n) is 9.57. The van der Waals surface area contributed by atoms with Crippen LogP contribution in [0.1, 0.15) is 54.4 Å². The first kappa shape index (κ1) is 23.1. The summed E-state index contributed by atoms with van der Waals surface area (Å²) in [4.78, 5) is 26.7. The van der Waals surface area contributed by atoms with Crippen molar-refractivity contribution in [2.75, 3.05) is 18.4 Å². The fourth-order valence-electron chi connectivity index (χ4n) is 4.70. The third-order valence-electron chi connectivity index (χ3n) is 6.50. The van der Waals surface area contributed by atoms with E-state index >= 15 is 0 Å². The topological polar surface area (TPSA) is 79.8 Å². The molecule has 2 aromatic heterocycles. The summed E-state index contributed by atoms with van der Waals surface area (Å²) in [5.41, 5.74) is 5.85. The minimum Gasteiger partial charge on any atom is -0.382 e. The van der Waals surface area contributed by atoms with Gasteiger partial charge < -0.3 is 10.6 Å². The van der Waals surface area contributed by atoms with Gasteiger partial charge in [-0.15, -0.1) is 0 Å². The largest absolute Gasteiger partial charge is 0.382 e. The highest BCUT2D eigenvalue weighted by atomic mass is 16.1. The molecule has 1 fully saturated rings. The summed E-state index contributed by atoms with van der Waals surface area (Å²) in [7, 11) is 0. The summed E-state index contributed by atoms with van der Waals surface area (Å²) >= 11 is 0. The van der Waals surface area contributed by atoms with Gasteiger partial charge in [0.15, 0.2) is 5.78 Å². The van der Waals surface area contributed by atoms with Gasteiger partial charge in [-0.1, -0.05) is 30.3 Å². The molecule has 0 bridgehead atoms. The van der Waals surface area contributed by atoms with E-state index in [2.05, 4.69) is 58.7 Å². The van der Waals surface area contributed by atoms with E-state index in [1.165, 1.54) is 5.56 Å². The highest BCUT2D eigenvalue weighted by Crippen LogP contribution is 2.27. The number of carbonyl (C=O) groups is 1. The molecule has 0 amide bonds. The number of nitrogens with zero attached hydrogens (tertiary/aromatic N) is 3. The molecule has 3 heterocycles. The molecule has 1 aliphatic rings. The minimum atomic E-state index is 0.0490. The molecular weight excluding hydrogens is 434 g/mol. The second-order valence-corrected chi connectivity index (χ2v) is 9.57. The number of hydrogen-bond donors (Lipinski definition) is 2. The molecule has 1 saturated heterocycles. The second kappa shape index (κ2) is 10.3. The number of Topliss-reactive ketones (excluding diaryl/α,β-unsaturated/α-hetero) is 1. The van der Waals surface area contributed by atoms with E-state index in [0.717, 1.165) is 59.2 Å². The van der Waals surface area contributed by atoms with E-state index in [4.69, 9.17) is 4.98 Å². The average Bonchev–Trinajstić information content (AvgIpc) is 2.88. The molecule has 1 aliphatic heterocycles. The number of nitrogens with one attached hydrogen (secondary N) is 2. The van der Waals surface area contributed by atoms with Crippen molar-refractivity contribution in [2.24, 2.45) is 0 Å². The number of aromatic nitrogens is 3. The highest BCUT2D eigenvalue weighted by molar-refractivity contribution is 5.97. The first-order valence-electron chi connectivity index (χ1n) is 12.4. The van der Waals surface area contributed by atoms with Crippen LogP contribution in [0.15, 0.2) is 67.1 Å². The Morgan fingerprint density at radius 3 is 2.71 bits per heavy atom. The number of fused-ring (bicyclic) bond motifs is 1. The summed E-state index contributed by atoms with van der Waals surface area (Å²) in [6.07, 6.45) is 7.89. The van der Waals surface area contributed by atoms with Crippen molar-refractivity contribution in [2.45, 2.75) is 45.1 Å². The van der Waals surface area contributed by atoms with Crippen LogP contribution in [0.2, 0.25) is 0 Å². The number of rotatable bonds is 7. The number of ketones is 1. The van der Waals surface area contributed by atoms with Gasteiger partial charge in [-0.05, 0) is 75.0 Å². The van der Waals surface area contributed by atoms with Crippen molar-refractivity contribution >= 4 is 22.4 Å². The maximum atomic E-state index is 13.1. The molecule has 4 aromatic rings. The summed E-state index contributed by atoms with van der Waals surface area (Å²) in [6, 6.07) is 16.6. The molecule has 2 N–H and O–H groups in total. The smallest absolute Gasteiger partial charge is 0.170 e. The lowest BCUT2D eigenvalue weighted by Crippen LogP contribution is -2.26. The first-order valence-corrected chi connectivity index (χ1v) is 12.4. The zero-order valence-corrected chi connectivity index (χ0v) is 20.3. The summed E-state index contributed by atoms with van der Waals surface area (Å²) < 4.78 is 0. The maximum absolute atomic E-state index is 13.1. The van der Waals surface area contributed by atoms with Gasteiger partial charge in [0.05, 0.1) is 17.6 Å². The minimum absolute atomic E-state index is 0.0490. The Bertz CT molecular complexity index is 1340. The molecular formula is C29H31N5O. The number of anilines is 1. The van der Waals surface area contributed by atoms with Crippen LogP contribution in [0.25, 0.3) is 22.0 Å². The van der Waals surface area contributed by atoms with Gasteiger partial charge in [0.2, 0.25) is 0 Å². The van der Waals surface area contributed by atoms with E-state index in [1.54, 1.807) is 6.20 Å². The first-order chi connectivity index (χ1) is 17.0. The lowest BCUT2D eigenvalue weighted by molar-refractivity contribution is 0.0990. The molecule has 0 unspecified atom stereocenters. The van der Waals surface area contributed by atoms with Crippen LogP contribution in [0.4, 0.5) is 5.69 Å². The van der Waals surface area contributed by atoms with Crippen molar-refractivity contribution in [1.82, 2.24) is 20.3 Å². The molecule has 5 rings (SSSR count). The predicted molar refractivity (Wildman–Crippen MR) is 141 cm³/mol. The Morgan fingerprint density at radius 2 is 1.89 bits per heavy atom. The molecule has 2 aromatic carbocycles. The van der Waals surface area contributed by atoms with Crippen molar-refractivity contribution in [3.63, 3.8) is 0 Å². The van der Waals surface area contributed by atoms with Crippen molar-refractivity contribution in [1.29, 1.82) is 0 Å². The van der Waals surface area contributed by atoms with E-state index in [0.29, 0.717) is 17.8 Å². The summed E-state index contributed by atoms with van der Waals surface area (Å²) in [5, 5.41) is 7.74.